The Morgan fingerprint density at radius 2 is 1.67 bits per heavy atom. The van der Waals surface area contributed by atoms with Crippen LogP contribution >= 0.6 is 0 Å². The third-order valence-corrected chi connectivity index (χ3v) is 4.14. The van der Waals surface area contributed by atoms with E-state index < -0.39 is 0 Å². The van der Waals surface area contributed by atoms with Crippen molar-refractivity contribution in [1.82, 2.24) is 0 Å². The summed E-state index contributed by atoms with van der Waals surface area (Å²) in [6.07, 6.45) is 3.33. The van der Waals surface area contributed by atoms with Gasteiger partial charge in [0.25, 0.3) is 0 Å². The van der Waals surface area contributed by atoms with Gasteiger partial charge in [-0.2, -0.15) is 0 Å². The summed E-state index contributed by atoms with van der Waals surface area (Å²) in [6.45, 7) is 5.13. The SMILES string of the molecule is CCCCc1ccc(C2OCC3(COCOC3)CO2)cc1. The minimum atomic E-state index is -0.266. The highest BCUT2D eigenvalue weighted by molar-refractivity contribution is 5.23. The first-order chi connectivity index (χ1) is 10.3. The highest BCUT2D eigenvalue weighted by Gasteiger charge is 2.40. The van der Waals surface area contributed by atoms with Crippen LogP contribution in [0.15, 0.2) is 24.3 Å². The van der Waals surface area contributed by atoms with Crippen molar-refractivity contribution in [3.63, 3.8) is 0 Å². The summed E-state index contributed by atoms with van der Waals surface area (Å²) >= 11 is 0. The molecule has 2 saturated heterocycles. The summed E-state index contributed by atoms with van der Waals surface area (Å²) in [6, 6.07) is 8.58. The van der Waals surface area contributed by atoms with Gasteiger partial charge >= 0.3 is 0 Å². The Bertz CT molecular complexity index is 427. The van der Waals surface area contributed by atoms with E-state index in [1.807, 2.05) is 0 Å². The van der Waals surface area contributed by atoms with Gasteiger partial charge in [0.2, 0.25) is 0 Å². The standard InChI is InChI=1S/C17H24O4/c1-2-3-4-14-5-7-15(8-6-14)16-20-11-17(12-21-16)9-18-13-19-10-17/h5-8,16H,2-4,9-13H2,1H3. The van der Waals surface area contributed by atoms with Crippen LogP contribution in [0.2, 0.25) is 0 Å². The number of aryl methyl sites for hydroxylation is 1. The molecule has 1 spiro atoms. The average molecular weight is 292 g/mol. The van der Waals surface area contributed by atoms with Crippen molar-refractivity contribution in [2.75, 3.05) is 33.2 Å². The molecule has 0 aromatic heterocycles. The molecule has 116 valence electrons. The summed E-state index contributed by atoms with van der Waals surface area (Å²) in [5.41, 5.74) is 2.33. The normalized spacial score (nSPS) is 22.5. The van der Waals surface area contributed by atoms with E-state index >= 15 is 0 Å². The Kier molecular flexibility index (Phi) is 4.91. The van der Waals surface area contributed by atoms with Gasteiger partial charge in [0.15, 0.2) is 6.29 Å². The van der Waals surface area contributed by atoms with Crippen molar-refractivity contribution >= 4 is 0 Å². The van der Waals surface area contributed by atoms with Crippen LogP contribution in [0.5, 0.6) is 0 Å². The van der Waals surface area contributed by atoms with E-state index in [0.717, 1.165) is 12.0 Å². The molecule has 3 rings (SSSR count). The van der Waals surface area contributed by atoms with Crippen LogP contribution in [-0.2, 0) is 25.4 Å². The molecule has 0 atom stereocenters. The smallest absolute Gasteiger partial charge is 0.183 e. The molecule has 0 N–H and O–H groups in total. The maximum absolute atomic E-state index is 5.90. The molecule has 1 aromatic carbocycles. The van der Waals surface area contributed by atoms with Crippen LogP contribution in [0, 0.1) is 5.41 Å². The predicted molar refractivity (Wildman–Crippen MR) is 78.9 cm³/mol. The fourth-order valence-corrected chi connectivity index (χ4v) is 2.79. The summed E-state index contributed by atoms with van der Waals surface area (Å²) in [7, 11) is 0. The van der Waals surface area contributed by atoms with Crippen LogP contribution in [-0.4, -0.2) is 33.2 Å². The third-order valence-electron chi connectivity index (χ3n) is 4.14. The first-order valence-electron chi connectivity index (χ1n) is 7.79. The summed E-state index contributed by atoms with van der Waals surface area (Å²) < 4.78 is 22.5. The Hall–Kier alpha value is -0.940. The molecule has 0 radical (unpaired) electrons. The van der Waals surface area contributed by atoms with Gasteiger partial charge in [-0.1, -0.05) is 37.6 Å². The van der Waals surface area contributed by atoms with Crippen LogP contribution < -0.4 is 0 Å². The van der Waals surface area contributed by atoms with E-state index in [-0.39, 0.29) is 11.7 Å². The molecule has 2 heterocycles. The van der Waals surface area contributed by atoms with E-state index in [1.165, 1.54) is 18.4 Å². The molecule has 21 heavy (non-hydrogen) atoms. The average Bonchev–Trinajstić information content (AvgIpc) is 2.55. The Labute approximate surface area is 126 Å². The first-order valence-corrected chi connectivity index (χ1v) is 7.79. The van der Waals surface area contributed by atoms with Gasteiger partial charge in [0, 0.05) is 5.56 Å². The number of hydrogen-bond donors (Lipinski definition) is 0. The van der Waals surface area contributed by atoms with Crippen molar-refractivity contribution in [2.24, 2.45) is 5.41 Å². The lowest BCUT2D eigenvalue weighted by molar-refractivity contribution is -0.282. The largest absolute Gasteiger partial charge is 0.355 e. The number of benzene rings is 1. The number of ether oxygens (including phenoxy) is 4. The van der Waals surface area contributed by atoms with Gasteiger partial charge in [-0.15, -0.1) is 0 Å². The van der Waals surface area contributed by atoms with Gasteiger partial charge in [-0.3, -0.25) is 0 Å². The van der Waals surface area contributed by atoms with Crippen molar-refractivity contribution in [1.29, 1.82) is 0 Å². The fraction of sp³-hybridized carbons (Fsp3) is 0.647. The predicted octanol–water partition coefficient (Wildman–Crippen LogP) is 3.07. The molecular formula is C17H24O4. The molecule has 0 bridgehead atoms. The second-order valence-electron chi connectivity index (χ2n) is 6.11. The summed E-state index contributed by atoms with van der Waals surface area (Å²) in [5, 5.41) is 0. The van der Waals surface area contributed by atoms with Crippen LogP contribution in [0.4, 0.5) is 0 Å². The maximum atomic E-state index is 5.90. The van der Waals surface area contributed by atoms with E-state index in [0.29, 0.717) is 33.2 Å². The molecule has 0 aliphatic carbocycles. The molecule has 4 heteroatoms. The third kappa shape index (κ3) is 3.64. The summed E-state index contributed by atoms with van der Waals surface area (Å²) in [4.78, 5) is 0. The van der Waals surface area contributed by atoms with E-state index in [9.17, 15) is 0 Å². The number of unbranched alkanes of at least 4 members (excludes halogenated alkanes) is 1. The Morgan fingerprint density at radius 3 is 2.29 bits per heavy atom. The minimum Gasteiger partial charge on any atom is -0.355 e. The molecule has 4 nitrogen and oxygen atoms in total. The topological polar surface area (TPSA) is 36.9 Å². The van der Waals surface area contributed by atoms with Crippen molar-refractivity contribution in [2.45, 2.75) is 32.5 Å². The van der Waals surface area contributed by atoms with Crippen LogP contribution in [0.25, 0.3) is 0 Å². The summed E-state index contributed by atoms with van der Waals surface area (Å²) in [5.74, 6) is 0. The zero-order valence-corrected chi connectivity index (χ0v) is 12.7. The Morgan fingerprint density at radius 1 is 1.00 bits per heavy atom. The second kappa shape index (κ2) is 6.88. The van der Waals surface area contributed by atoms with E-state index in [4.69, 9.17) is 18.9 Å². The van der Waals surface area contributed by atoms with Gasteiger partial charge in [0.05, 0.1) is 31.8 Å². The van der Waals surface area contributed by atoms with Crippen molar-refractivity contribution in [3.8, 4) is 0 Å². The monoisotopic (exact) mass is 292 g/mol. The molecule has 2 aliphatic heterocycles. The minimum absolute atomic E-state index is 0.129. The van der Waals surface area contributed by atoms with Crippen LogP contribution in [0.1, 0.15) is 37.2 Å². The molecule has 0 unspecified atom stereocenters. The molecule has 2 aliphatic rings. The van der Waals surface area contributed by atoms with E-state index in [1.54, 1.807) is 0 Å². The van der Waals surface area contributed by atoms with Crippen molar-refractivity contribution < 1.29 is 18.9 Å². The van der Waals surface area contributed by atoms with Gasteiger partial charge in [-0.25, -0.2) is 0 Å². The quantitative estimate of drug-likeness (QED) is 0.854. The van der Waals surface area contributed by atoms with Gasteiger partial charge in [0.1, 0.15) is 6.79 Å². The van der Waals surface area contributed by atoms with Gasteiger partial charge < -0.3 is 18.9 Å². The lowest BCUT2D eigenvalue weighted by Crippen LogP contribution is -2.48. The second-order valence-corrected chi connectivity index (χ2v) is 6.11. The van der Waals surface area contributed by atoms with Crippen LogP contribution in [0.3, 0.4) is 0 Å². The fourth-order valence-electron chi connectivity index (χ4n) is 2.79. The molecular weight excluding hydrogens is 268 g/mol. The highest BCUT2D eigenvalue weighted by atomic mass is 16.7. The lowest BCUT2D eigenvalue weighted by Gasteiger charge is -2.41. The highest BCUT2D eigenvalue weighted by Crippen LogP contribution is 2.34. The molecule has 2 fully saturated rings. The van der Waals surface area contributed by atoms with Crippen molar-refractivity contribution in [3.05, 3.63) is 35.4 Å². The number of rotatable bonds is 4. The zero-order chi connectivity index (χ0) is 14.5. The van der Waals surface area contributed by atoms with Gasteiger partial charge in [-0.05, 0) is 18.4 Å². The molecule has 1 aromatic rings. The molecule has 0 saturated carbocycles. The molecule has 0 amide bonds. The maximum Gasteiger partial charge on any atom is 0.183 e. The zero-order valence-electron chi connectivity index (χ0n) is 12.7. The van der Waals surface area contributed by atoms with E-state index in [2.05, 4.69) is 31.2 Å². The number of hydrogen-bond acceptors (Lipinski definition) is 4. The first kappa shape index (κ1) is 15.0. The Balaban J connectivity index is 1.56. The lowest BCUT2D eigenvalue weighted by atomic mass is 9.91.